The van der Waals surface area contributed by atoms with Gasteiger partial charge in [-0.3, -0.25) is 0 Å². The van der Waals surface area contributed by atoms with E-state index in [-0.39, 0.29) is 6.17 Å². The summed E-state index contributed by atoms with van der Waals surface area (Å²) in [5.74, 6) is 2.43. The van der Waals surface area contributed by atoms with Gasteiger partial charge in [-0.25, -0.2) is 9.98 Å². The quantitative estimate of drug-likeness (QED) is 0.858. The third-order valence-corrected chi connectivity index (χ3v) is 6.50. The number of allylic oxidation sites excluding steroid dienone is 1. The van der Waals surface area contributed by atoms with Crippen LogP contribution in [0.15, 0.2) is 45.9 Å². The number of morpholine rings is 1. The first-order valence-electron chi connectivity index (χ1n) is 10.8. The van der Waals surface area contributed by atoms with E-state index in [2.05, 4.69) is 47.5 Å². The predicted octanol–water partition coefficient (Wildman–Crippen LogP) is 4.19. The van der Waals surface area contributed by atoms with E-state index in [0.29, 0.717) is 5.92 Å². The van der Waals surface area contributed by atoms with E-state index in [9.17, 15) is 0 Å². The highest BCUT2D eigenvalue weighted by Crippen LogP contribution is 2.38. The molecule has 2 aliphatic carbocycles. The molecule has 4 aliphatic rings. The maximum absolute atomic E-state index is 5.50. The van der Waals surface area contributed by atoms with Gasteiger partial charge in [0.2, 0.25) is 5.96 Å². The Bertz CT molecular complexity index is 822. The van der Waals surface area contributed by atoms with Crippen LogP contribution < -0.4 is 5.32 Å². The highest BCUT2D eigenvalue weighted by Gasteiger charge is 2.29. The minimum absolute atomic E-state index is 0.0365. The average molecular weight is 379 g/mol. The third kappa shape index (κ3) is 3.60. The van der Waals surface area contributed by atoms with Crippen LogP contribution in [-0.4, -0.2) is 49.0 Å². The summed E-state index contributed by atoms with van der Waals surface area (Å²) in [6.07, 6.45) is 8.34. The number of aliphatic imine (C=N–C) groups is 2. The summed E-state index contributed by atoms with van der Waals surface area (Å²) >= 11 is 0. The minimum atomic E-state index is -0.0365. The van der Waals surface area contributed by atoms with Gasteiger partial charge >= 0.3 is 0 Å². The maximum Gasteiger partial charge on any atom is 0.223 e. The van der Waals surface area contributed by atoms with E-state index in [1.165, 1.54) is 41.8 Å². The summed E-state index contributed by atoms with van der Waals surface area (Å²) in [5, 5.41) is 3.70. The molecule has 0 radical (unpaired) electrons. The van der Waals surface area contributed by atoms with Crippen molar-refractivity contribution < 1.29 is 4.74 Å². The highest BCUT2D eigenvalue weighted by atomic mass is 16.5. The van der Waals surface area contributed by atoms with Crippen molar-refractivity contribution in [2.45, 2.75) is 51.1 Å². The summed E-state index contributed by atoms with van der Waals surface area (Å²) in [5.41, 5.74) is 5.10. The highest BCUT2D eigenvalue weighted by molar-refractivity contribution is 6.11. The molecule has 1 saturated carbocycles. The van der Waals surface area contributed by atoms with Crippen LogP contribution in [0, 0.1) is 5.92 Å². The lowest BCUT2D eigenvalue weighted by molar-refractivity contribution is 0.0674. The first kappa shape index (κ1) is 17.9. The number of benzene rings is 1. The van der Waals surface area contributed by atoms with Crippen molar-refractivity contribution >= 4 is 17.4 Å². The molecular weight excluding hydrogens is 348 g/mol. The zero-order valence-electron chi connectivity index (χ0n) is 16.7. The molecule has 2 heterocycles. The van der Waals surface area contributed by atoms with Crippen molar-refractivity contribution in [3.63, 3.8) is 0 Å². The van der Waals surface area contributed by atoms with Gasteiger partial charge in [-0.2, -0.15) is 0 Å². The Morgan fingerprint density at radius 1 is 1.18 bits per heavy atom. The van der Waals surface area contributed by atoms with Gasteiger partial charge in [0.25, 0.3) is 0 Å². The second kappa shape index (κ2) is 7.70. The Labute approximate surface area is 167 Å². The summed E-state index contributed by atoms with van der Waals surface area (Å²) in [4.78, 5) is 12.1. The molecule has 0 aromatic heterocycles. The van der Waals surface area contributed by atoms with Crippen molar-refractivity contribution in [2.75, 3.05) is 31.6 Å². The number of hydrogen-bond acceptors (Lipinski definition) is 5. The van der Waals surface area contributed by atoms with E-state index < -0.39 is 0 Å². The van der Waals surface area contributed by atoms with Gasteiger partial charge in [-0.1, -0.05) is 31.6 Å². The molecule has 148 valence electrons. The Hall–Kier alpha value is -2.14. The molecule has 28 heavy (non-hydrogen) atoms. The van der Waals surface area contributed by atoms with Crippen LogP contribution in [0.5, 0.6) is 0 Å². The summed E-state index contributed by atoms with van der Waals surface area (Å²) < 4.78 is 5.50. The summed E-state index contributed by atoms with van der Waals surface area (Å²) in [7, 11) is 0. The standard InChI is InChI=1S/C23H30N4O/c1-16-8-9-18(14-16)17-4-2-5-19(15-17)24-22-20-6-3-7-21(20)25-23(26-22)27-10-12-28-13-11-27/h2,4-6,15-16,18,22,24H,3,7-14H2,1H3. The Kier molecular flexibility index (Phi) is 4.93. The largest absolute Gasteiger partial charge is 0.378 e. The maximum atomic E-state index is 5.50. The fourth-order valence-corrected chi connectivity index (χ4v) is 4.93. The number of nitrogens with one attached hydrogen (secondary N) is 1. The second-order valence-corrected chi connectivity index (χ2v) is 8.57. The molecule has 0 spiro atoms. The molecular formula is C23H30N4O. The monoisotopic (exact) mass is 378 g/mol. The summed E-state index contributed by atoms with van der Waals surface area (Å²) in [6, 6.07) is 8.99. The van der Waals surface area contributed by atoms with Crippen molar-refractivity contribution in [1.82, 2.24) is 4.90 Å². The van der Waals surface area contributed by atoms with Crippen LogP contribution >= 0.6 is 0 Å². The van der Waals surface area contributed by atoms with Gasteiger partial charge in [-0.15, -0.1) is 0 Å². The van der Waals surface area contributed by atoms with E-state index in [0.717, 1.165) is 51.0 Å². The number of rotatable bonds is 3. The molecule has 1 saturated heterocycles. The lowest BCUT2D eigenvalue weighted by atomic mass is 9.96. The first-order chi connectivity index (χ1) is 13.8. The fourth-order valence-electron chi connectivity index (χ4n) is 4.93. The van der Waals surface area contributed by atoms with Gasteiger partial charge in [0.05, 0.1) is 18.9 Å². The molecule has 1 aromatic rings. The second-order valence-electron chi connectivity index (χ2n) is 8.57. The number of nitrogens with zero attached hydrogens (tertiary/aromatic N) is 3. The zero-order chi connectivity index (χ0) is 18.9. The molecule has 1 aromatic carbocycles. The Balaban J connectivity index is 1.37. The topological polar surface area (TPSA) is 49.2 Å². The smallest absolute Gasteiger partial charge is 0.223 e. The molecule has 3 unspecified atom stereocenters. The summed E-state index contributed by atoms with van der Waals surface area (Å²) in [6.45, 7) is 5.63. The number of ether oxygens (including phenoxy) is 1. The van der Waals surface area contributed by atoms with Gasteiger partial charge in [0.1, 0.15) is 6.17 Å². The van der Waals surface area contributed by atoms with E-state index in [4.69, 9.17) is 14.7 Å². The fraction of sp³-hybridized carbons (Fsp3) is 0.565. The lowest BCUT2D eigenvalue weighted by Crippen LogP contribution is -2.43. The normalized spacial score (nSPS) is 29.8. The van der Waals surface area contributed by atoms with Crippen LogP contribution in [-0.2, 0) is 4.74 Å². The van der Waals surface area contributed by atoms with E-state index >= 15 is 0 Å². The van der Waals surface area contributed by atoms with Crippen molar-refractivity contribution in [3.05, 3.63) is 41.5 Å². The van der Waals surface area contributed by atoms with Gasteiger partial charge in [0.15, 0.2) is 0 Å². The zero-order valence-corrected chi connectivity index (χ0v) is 16.7. The van der Waals surface area contributed by atoms with Gasteiger partial charge < -0.3 is 15.0 Å². The molecule has 5 nitrogen and oxygen atoms in total. The van der Waals surface area contributed by atoms with Crippen LogP contribution in [0.25, 0.3) is 0 Å². The molecule has 2 fully saturated rings. The molecule has 5 heteroatoms. The minimum Gasteiger partial charge on any atom is -0.378 e. The molecule has 3 atom stereocenters. The Morgan fingerprint density at radius 3 is 2.89 bits per heavy atom. The van der Waals surface area contributed by atoms with Crippen molar-refractivity contribution in [1.29, 1.82) is 0 Å². The van der Waals surface area contributed by atoms with E-state index in [1.54, 1.807) is 0 Å². The predicted molar refractivity (Wildman–Crippen MR) is 114 cm³/mol. The van der Waals surface area contributed by atoms with Crippen molar-refractivity contribution in [3.8, 4) is 0 Å². The lowest BCUT2D eigenvalue weighted by Gasteiger charge is -2.31. The van der Waals surface area contributed by atoms with Gasteiger partial charge in [0, 0.05) is 24.4 Å². The number of guanidine groups is 1. The van der Waals surface area contributed by atoms with Crippen molar-refractivity contribution in [2.24, 2.45) is 15.9 Å². The molecule has 0 amide bonds. The average Bonchev–Trinajstić information content (AvgIpc) is 3.38. The molecule has 2 aliphatic heterocycles. The van der Waals surface area contributed by atoms with Crippen LogP contribution in [0.4, 0.5) is 5.69 Å². The molecule has 1 N–H and O–H groups in total. The van der Waals surface area contributed by atoms with Crippen LogP contribution in [0.1, 0.15) is 50.5 Å². The third-order valence-electron chi connectivity index (χ3n) is 6.50. The van der Waals surface area contributed by atoms with Crippen LogP contribution in [0.2, 0.25) is 0 Å². The Morgan fingerprint density at radius 2 is 2.07 bits per heavy atom. The van der Waals surface area contributed by atoms with E-state index in [1.807, 2.05) is 0 Å². The molecule has 5 rings (SSSR count). The van der Waals surface area contributed by atoms with Gasteiger partial charge in [-0.05, 0) is 55.2 Å². The SMILES string of the molecule is CC1CCC(c2cccc(NC3N=C(N4CCOCC4)N=C4CCC=C43)c2)C1. The number of hydrogen-bond donors (Lipinski definition) is 1. The molecule has 0 bridgehead atoms. The van der Waals surface area contributed by atoms with Crippen LogP contribution in [0.3, 0.4) is 0 Å². The number of fused-ring (bicyclic) bond motifs is 1. The first-order valence-corrected chi connectivity index (χ1v) is 10.8. The number of anilines is 1.